The van der Waals surface area contributed by atoms with E-state index in [2.05, 4.69) is 5.32 Å². The van der Waals surface area contributed by atoms with Crippen LogP contribution in [0.15, 0.2) is 18.2 Å². The number of esters is 1. The molecule has 1 aromatic carbocycles. The summed E-state index contributed by atoms with van der Waals surface area (Å²) in [5.74, 6) is 0.564. The SMILES string of the molecule is C[C@@H](OC(=O)C1CC1)C(=O)Nc1ccc2c(c1)OCO2. The second kappa shape index (κ2) is 5.03. The molecule has 1 aliphatic carbocycles. The molecule has 0 saturated heterocycles. The van der Waals surface area contributed by atoms with Gasteiger partial charge in [-0.15, -0.1) is 0 Å². The number of carbonyl (C=O) groups is 2. The molecule has 3 rings (SSSR count). The van der Waals surface area contributed by atoms with E-state index in [4.69, 9.17) is 14.2 Å². The molecule has 20 heavy (non-hydrogen) atoms. The van der Waals surface area contributed by atoms with Crippen LogP contribution in [0.5, 0.6) is 11.5 Å². The third-order valence-electron chi connectivity index (χ3n) is 3.21. The summed E-state index contributed by atoms with van der Waals surface area (Å²) in [7, 11) is 0. The number of benzene rings is 1. The number of amides is 1. The molecule has 0 unspecified atom stereocenters. The minimum Gasteiger partial charge on any atom is -0.454 e. The van der Waals surface area contributed by atoms with Gasteiger partial charge in [0.25, 0.3) is 5.91 Å². The summed E-state index contributed by atoms with van der Waals surface area (Å²) in [6.45, 7) is 1.74. The topological polar surface area (TPSA) is 73.9 Å². The van der Waals surface area contributed by atoms with Crippen molar-refractivity contribution in [1.29, 1.82) is 0 Å². The van der Waals surface area contributed by atoms with E-state index in [0.717, 1.165) is 12.8 Å². The van der Waals surface area contributed by atoms with E-state index >= 15 is 0 Å². The van der Waals surface area contributed by atoms with E-state index in [9.17, 15) is 9.59 Å². The highest BCUT2D eigenvalue weighted by Gasteiger charge is 2.33. The minimum absolute atomic E-state index is 0.0178. The van der Waals surface area contributed by atoms with Gasteiger partial charge in [0.2, 0.25) is 6.79 Å². The van der Waals surface area contributed by atoms with Gasteiger partial charge in [-0.3, -0.25) is 9.59 Å². The lowest BCUT2D eigenvalue weighted by Crippen LogP contribution is -2.30. The molecule has 2 aliphatic rings. The van der Waals surface area contributed by atoms with Crippen molar-refractivity contribution in [3.63, 3.8) is 0 Å². The Hall–Kier alpha value is -2.24. The quantitative estimate of drug-likeness (QED) is 0.848. The third-order valence-corrected chi connectivity index (χ3v) is 3.21. The van der Waals surface area contributed by atoms with Crippen LogP contribution in [0, 0.1) is 5.92 Å². The number of hydrogen-bond donors (Lipinski definition) is 1. The zero-order valence-corrected chi connectivity index (χ0v) is 11.0. The Balaban J connectivity index is 1.58. The lowest BCUT2D eigenvalue weighted by molar-refractivity contribution is -0.154. The molecular formula is C14H15NO5. The van der Waals surface area contributed by atoms with Crippen molar-refractivity contribution in [1.82, 2.24) is 0 Å². The summed E-state index contributed by atoms with van der Waals surface area (Å²) in [5, 5.41) is 2.68. The summed E-state index contributed by atoms with van der Waals surface area (Å²) in [6, 6.07) is 5.11. The van der Waals surface area contributed by atoms with E-state index in [1.165, 1.54) is 0 Å². The first kappa shape index (κ1) is 12.8. The number of fused-ring (bicyclic) bond motifs is 1. The Labute approximate surface area is 116 Å². The summed E-state index contributed by atoms with van der Waals surface area (Å²) in [6.07, 6.45) is 0.901. The summed E-state index contributed by atoms with van der Waals surface area (Å²) < 4.78 is 15.5. The molecule has 1 heterocycles. The second-order valence-electron chi connectivity index (χ2n) is 4.91. The van der Waals surface area contributed by atoms with Gasteiger partial charge in [-0.1, -0.05) is 0 Å². The maximum absolute atomic E-state index is 11.9. The highest BCUT2D eigenvalue weighted by Crippen LogP contribution is 2.34. The Bertz CT molecular complexity index is 552. The average molecular weight is 277 g/mol. The fourth-order valence-corrected chi connectivity index (χ4v) is 1.86. The van der Waals surface area contributed by atoms with Crippen molar-refractivity contribution in [2.75, 3.05) is 12.1 Å². The van der Waals surface area contributed by atoms with Gasteiger partial charge in [0.1, 0.15) is 0 Å². The molecule has 6 nitrogen and oxygen atoms in total. The Morgan fingerprint density at radius 2 is 2.05 bits per heavy atom. The number of anilines is 1. The van der Waals surface area contributed by atoms with Crippen LogP contribution in [0.2, 0.25) is 0 Å². The summed E-state index contributed by atoms with van der Waals surface area (Å²) >= 11 is 0. The van der Waals surface area contributed by atoms with E-state index in [1.54, 1.807) is 25.1 Å². The number of ether oxygens (including phenoxy) is 3. The first-order valence-corrected chi connectivity index (χ1v) is 6.54. The number of nitrogens with one attached hydrogen (secondary N) is 1. The minimum atomic E-state index is -0.812. The maximum atomic E-state index is 11.9. The summed E-state index contributed by atoms with van der Waals surface area (Å²) in [5.41, 5.74) is 0.577. The molecule has 106 valence electrons. The molecule has 0 aromatic heterocycles. The Kier molecular flexibility index (Phi) is 3.22. The summed E-state index contributed by atoms with van der Waals surface area (Å²) in [4.78, 5) is 23.4. The molecule has 1 aromatic rings. The molecule has 1 atom stereocenters. The molecule has 0 spiro atoms. The van der Waals surface area contributed by atoms with Crippen molar-refractivity contribution in [3.05, 3.63) is 18.2 Å². The molecule has 1 aliphatic heterocycles. The molecule has 0 radical (unpaired) electrons. The van der Waals surface area contributed by atoms with Crippen molar-refractivity contribution < 1.29 is 23.8 Å². The predicted octanol–water partition coefficient (Wildman–Crippen LogP) is 1.70. The van der Waals surface area contributed by atoms with Crippen molar-refractivity contribution in [3.8, 4) is 11.5 Å². The van der Waals surface area contributed by atoms with Gasteiger partial charge in [0.05, 0.1) is 5.92 Å². The van der Waals surface area contributed by atoms with Crippen molar-refractivity contribution in [2.45, 2.75) is 25.9 Å². The number of rotatable bonds is 4. The van der Waals surface area contributed by atoms with Gasteiger partial charge >= 0.3 is 5.97 Å². The van der Waals surface area contributed by atoms with Crippen LogP contribution >= 0.6 is 0 Å². The van der Waals surface area contributed by atoms with Crippen LogP contribution in [-0.2, 0) is 14.3 Å². The van der Waals surface area contributed by atoms with Gasteiger partial charge in [-0.25, -0.2) is 0 Å². The van der Waals surface area contributed by atoms with Crippen LogP contribution in [0.3, 0.4) is 0 Å². The van der Waals surface area contributed by atoms with Gasteiger partial charge in [0.15, 0.2) is 17.6 Å². The smallest absolute Gasteiger partial charge is 0.309 e. The van der Waals surface area contributed by atoms with E-state index in [1.807, 2.05) is 0 Å². The van der Waals surface area contributed by atoms with Gasteiger partial charge < -0.3 is 19.5 Å². The van der Waals surface area contributed by atoms with E-state index < -0.39 is 6.10 Å². The number of carbonyl (C=O) groups excluding carboxylic acids is 2. The highest BCUT2D eigenvalue weighted by molar-refractivity contribution is 5.95. The van der Waals surface area contributed by atoms with Crippen molar-refractivity contribution in [2.24, 2.45) is 5.92 Å². The molecule has 1 fully saturated rings. The molecule has 1 N–H and O–H groups in total. The van der Waals surface area contributed by atoms with E-state index in [-0.39, 0.29) is 24.6 Å². The molecule has 0 bridgehead atoms. The average Bonchev–Trinajstić information content (AvgIpc) is 3.17. The molecule has 1 amide bonds. The predicted molar refractivity (Wildman–Crippen MR) is 69.5 cm³/mol. The lowest BCUT2D eigenvalue weighted by atomic mass is 10.2. The van der Waals surface area contributed by atoms with Gasteiger partial charge in [0, 0.05) is 11.8 Å². The van der Waals surface area contributed by atoms with Crippen LogP contribution < -0.4 is 14.8 Å². The normalized spacial score (nSPS) is 17.4. The fraction of sp³-hybridized carbons (Fsp3) is 0.429. The standard InChI is InChI=1S/C14H15NO5/c1-8(20-14(17)9-2-3-9)13(16)15-10-4-5-11-12(6-10)19-7-18-11/h4-6,8-9H,2-3,7H2,1H3,(H,15,16)/t8-/m1/s1. The molecule has 6 heteroatoms. The monoisotopic (exact) mass is 277 g/mol. The first-order valence-electron chi connectivity index (χ1n) is 6.54. The fourth-order valence-electron chi connectivity index (χ4n) is 1.86. The zero-order valence-electron chi connectivity index (χ0n) is 11.0. The molecule has 1 saturated carbocycles. The van der Waals surface area contributed by atoms with Gasteiger partial charge in [-0.05, 0) is 31.9 Å². The molecular weight excluding hydrogens is 262 g/mol. The largest absolute Gasteiger partial charge is 0.454 e. The highest BCUT2D eigenvalue weighted by atomic mass is 16.7. The van der Waals surface area contributed by atoms with Crippen LogP contribution in [0.4, 0.5) is 5.69 Å². The first-order chi connectivity index (χ1) is 9.63. The second-order valence-corrected chi connectivity index (χ2v) is 4.91. The lowest BCUT2D eigenvalue weighted by Gasteiger charge is -2.13. The van der Waals surface area contributed by atoms with Crippen LogP contribution in [0.1, 0.15) is 19.8 Å². The van der Waals surface area contributed by atoms with Crippen LogP contribution in [0.25, 0.3) is 0 Å². The Morgan fingerprint density at radius 1 is 1.30 bits per heavy atom. The van der Waals surface area contributed by atoms with Crippen LogP contribution in [-0.4, -0.2) is 24.8 Å². The third kappa shape index (κ3) is 2.68. The number of hydrogen-bond acceptors (Lipinski definition) is 5. The van der Waals surface area contributed by atoms with Crippen molar-refractivity contribution >= 4 is 17.6 Å². The van der Waals surface area contributed by atoms with E-state index in [0.29, 0.717) is 17.2 Å². The maximum Gasteiger partial charge on any atom is 0.309 e. The zero-order chi connectivity index (χ0) is 14.1. The van der Waals surface area contributed by atoms with Gasteiger partial charge in [-0.2, -0.15) is 0 Å². The Morgan fingerprint density at radius 3 is 2.80 bits per heavy atom.